The molecule has 1 aromatic heterocycles. The minimum Gasteiger partial charge on any atom is -0.391 e. The molecule has 1 atom stereocenters. The van der Waals surface area contributed by atoms with E-state index in [0.29, 0.717) is 25.6 Å². The van der Waals surface area contributed by atoms with Gasteiger partial charge in [0.2, 0.25) is 0 Å². The lowest BCUT2D eigenvalue weighted by atomic mass is 9.93. The van der Waals surface area contributed by atoms with E-state index in [-0.39, 0.29) is 5.82 Å². The van der Waals surface area contributed by atoms with Gasteiger partial charge in [0.05, 0.1) is 6.10 Å². The van der Waals surface area contributed by atoms with Gasteiger partial charge in [-0.3, -0.25) is 4.90 Å². The van der Waals surface area contributed by atoms with E-state index in [9.17, 15) is 9.50 Å². The Morgan fingerprint density at radius 1 is 0.935 bits per heavy atom. The molecule has 1 N–H and O–H groups in total. The molecule has 1 aliphatic carbocycles. The zero-order valence-corrected chi connectivity index (χ0v) is 18.2. The molecule has 0 amide bonds. The monoisotopic (exact) mass is 420 g/mol. The Morgan fingerprint density at radius 3 is 2.48 bits per heavy atom. The second-order valence-corrected chi connectivity index (χ2v) is 8.82. The lowest BCUT2D eigenvalue weighted by Gasteiger charge is -2.36. The van der Waals surface area contributed by atoms with Crippen molar-refractivity contribution in [1.82, 2.24) is 9.47 Å². The van der Waals surface area contributed by atoms with Crippen molar-refractivity contribution < 1.29 is 9.50 Å². The third-order valence-electron chi connectivity index (χ3n) is 6.38. The van der Waals surface area contributed by atoms with E-state index >= 15 is 0 Å². The van der Waals surface area contributed by atoms with Gasteiger partial charge in [0.25, 0.3) is 0 Å². The minimum absolute atomic E-state index is 0.195. The van der Waals surface area contributed by atoms with Crippen LogP contribution in [0.5, 0.6) is 0 Å². The third kappa shape index (κ3) is 6.28. The number of benzene rings is 2. The van der Waals surface area contributed by atoms with Crippen molar-refractivity contribution in [2.75, 3.05) is 6.54 Å². The van der Waals surface area contributed by atoms with E-state index in [0.717, 1.165) is 12.1 Å². The summed E-state index contributed by atoms with van der Waals surface area (Å²) in [5.41, 5.74) is 3.35. The Hall–Kier alpha value is -2.43. The van der Waals surface area contributed by atoms with Crippen molar-refractivity contribution in [3.05, 3.63) is 95.6 Å². The average molecular weight is 421 g/mol. The Morgan fingerprint density at radius 2 is 1.71 bits per heavy atom. The van der Waals surface area contributed by atoms with Gasteiger partial charge in [-0.05, 0) is 54.7 Å². The summed E-state index contributed by atoms with van der Waals surface area (Å²) >= 11 is 0. The van der Waals surface area contributed by atoms with Gasteiger partial charge in [-0.25, -0.2) is 4.39 Å². The fourth-order valence-electron chi connectivity index (χ4n) is 4.80. The molecule has 31 heavy (non-hydrogen) atoms. The molecule has 4 rings (SSSR count). The summed E-state index contributed by atoms with van der Waals surface area (Å²) < 4.78 is 15.8. The second-order valence-electron chi connectivity index (χ2n) is 8.82. The van der Waals surface area contributed by atoms with Crippen LogP contribution in [-0.2, 0) is 19.5 Å². The predicted octanol–water partition coefficient (Wildman–Crippen LogP) is 5.41. The highest BCUT2D eigenvalue weighted by Crippen LogP contribution is 2.25. The van der Waals surface area contributed by atoms with Crippen LogP contribution in [-0.4, -0.2) is 33.3 Å². The first kappa shape index (κ1) is 21.8. The Bertz CT molecular complexity index is 933. The fourth-order valence-corrected chi connectivity index (χ4v) is 4.80. The number of halogens is 1. The maximum Gasteiger partial charge on any atom is 0.123 e. The van der Waals surface area contributed by atoms with Crippen LogP contribution in [0.2, 0.25) is 0 Å². The maximum absolute atomic E-state index is 13.6. The standard InChI is InChI=1S/C27H33FN2O/c28-24-12-7-11-23(17-24)19-29-16-8-15-26(29)20-30(25-13-5-2-6-14-25)21-27(31)18-22-9-3-1-4-10-22/h1,3-4,7-12,15-17,25,27,31H,2,5-6,13-14,18-21H2/t27-/m1/s1. The largest absolute Gasteiger partial charge is 0.391 e. The van der Waals surface area contributed by atoms with E-state index in [2.05, 4.69) is 39.9 Å². The number of nitrogens with zero attached hydrogens (tertiary/aromatic N) is 2. The molecule has 0 radical (unpaired) electrons. The van der Waals surface area contributed by atoms with E-state index < -0.39 is 6.10 Å². The summed E-state index contributed by atoms with van der Waals surface area (Å²) in [4.78, 5) is 2.48. The lowest BCUT2D eigenvalue weighted by molar-refractivity contribution is 0.0664. The van der Waals surface area contributed by atoms with Crippen molar-refractivity contribution in [3.63, 3.8) is 0 Å². The fraction of sp³-hybridized carbons (Fsp3) is 0.407. The van der Waals surface area contributed by atoms with E-state index in [1.165, 1.54) is 49.4 Å². The van der Waals surface area contributed by atoms with Gasteiger partial charge in [-0.1, -0.05) is 61.7 Å². The van der Waals surface area contributed by atoms with E-state index in [4.69, 9.17) is 0 Å². The Labute approximate surface area is 185 Å². The van der Waals surface area contributed by atoms with Gasteiger partial charge in [0.15, 0.2) is 0 Å². The number of aliphatic hydroxyl groups excluding tert-OH is 1. The highest BCUT2D eigenvalue weighted by molar-refractivity contribution is 5.19. The number of hydrogen-bond donors (Lipinski definition) is 1. The van der Waals surface area contributed by atoms with Crippen LogP contribution in [0, 0.1) is 5.82 Å². The summed E-state index contributed by atoms with van der Waals surface area (Å²) in [6.45, 7) is 2.13. The molecule has 3 aromatic rings. The second kappa shape index (κ2) is 10.7. The molecule has 1 saturated carbocycles. The van der Waals surface area contributed by atoms with Gasteiger partial charge in [0.1, 0.15) is 5.82 Å². The first-order chi connectivity index (χ1) is 15.2. The number of rotatable bonds is 9. The quantitative estimate of drug-likeness (QED) is 0.501. The molecule has 164 valence electrons. The predicted molar refractivity (Wildman–Crippen MR) is 123 cm³/mol. The van der Waals surface area contributed by atoms with Gasteiger partial charge in [-0.2, -0.15) is 0 Å². The molecule has 0 bridgehead atoms. The molecule has 0 spiro atoms. The van der Waals surface area contributed by atoms with Crippen LogP contribution >= 0.6 is 0 Å². The number of aliphatic hydroxyl groups is 1. The summed E-state index contributed by atoms with van der Waals surface area (Å²) in [6.07, 6.45) is 8.59. The molecule has 4 heteroatoms. The summed E-state index contributed by atoms with van der Waals surface area (Å²) in [7, 11) is 0. The molecule has 1 heterocycles. The van der Waals surface area contributed by atoms with Crippen molar-refractivity contribution in [2.45, 2.75) is 63.8 Å². The molecule has 3 nitrogen and oxygen atoms in total. The molecule has 0 saturated heterocycles. The molecule has 2 aromatic carbocycles. The molecule has 1 aliphatic rings. The van der Waals surface area contributed by atoms with Crippen LogP contribution in [0.15, 0.2) is 72.9 Å². The van der Waals surface area contributed by atoms with E-state index in [1.807, 2.05) is 24.3 Å². The lowest BCUT2D eigenvalue weighted by Crippen LogP contribution is -2.42. The zero-order valence-electron chi connectivity index (χ0n) is 18.2. The number of hydrogen-bond acceptors (Lipinski definition) is 2. The number of aromatic nitrogens is 1. The SMILES string of the molecule is O[C@H](Cc1ccccc1)CN(Cc1cccn1Cc1cccc(F)c1)C1CCCCC1. The molecular formula is C27H33FN2O. The Balaban J connectivity index is 1.46. The molecule has 1 fully saturated rings. The summed E-state index contributed by atoms with van der Waals surface area (Å²) in [6, 6.07) is 21.8. The summed E-state index contributed by atoms with van der Waals surface area (Å²) in [5.74, 6) is -0.195. The van der Waals surface area contributed by atoms with Crippen molar-refractivity contribution in [2.24, 2.45) is 0 Å². The molecule has 0 unspecified atom stereocenters. The van der Waals surface area contributed by atoms with Gasteiger partial charge >= 0.3 is 0 Å². The van der Waals surface area contributed by atoms with Crippen LogP contribution < -0.4 is 0 Å². The minimum atomic E-state index is -0.393. The van der Waals surface area contributed by atoms with Gasteiger partial charge < -0.3 is 9.67 Å². The normalized spacial score (nSPS) is 16.0. The first-order valence-corrected chi connectivity index (χ1v) is 11.5. The Kier molecular flexibility index (Phi) is 7.55. The van der Waals surface area contributed by atoms with Crippen molar-refractivity contribution in [1.29, 1.82) is 0 Å². The van der Waals surface area contributed by atoms with Crippen LogP contribution in [0.3, 0.4) is 0 Å². The third-order valence-corrected chi connectivity index (χ3v) is 6.38. The first-order valence-electron chi connectivity index (χ1n) is 11.5. The van der Waals surface area contributed by atoms with Gasteiger partial charge in [0, 0.05) is 37.6 Å². The smallest absolute Gasteiger partial charge is 0.123 e. The zero-order chi connectivity index (χ0) is 21.5. The average Bonchev–Trinajstić information content (AvgIpc) is 3.21. The van der Waals surface area contributed by atoms with Crippen molar-refractivity contribution in [3.8, 4) is 0 Å². The summed E-state index contributed by atoms with van der Waals surface area (Å²) in [5, 5.41) is 10.9. The molecular weight excluding hydrogens is 387 g/mol. The van der Waals surface area contributed by atoms with E-state index in [1.54, 1.807) is 12.1 Å². The highest BCUT2D eigenvalue weighted by Gasteiger charge is 2.24. The van der Waals surface area contributed by atoms with Crippen LogP contribution in [0.1, 0.15) is 48.9 Å². The van der Waals surface area contributed by atoms with Crippen LogP contribution in [0.25, 0.3) is 0 Å². The molecule has 0 aliphatic heterocycles. The van der Waals surface area contributed by atoms with Crippen molar-refractivity contribution >= 4 is 0 Å². The maximum atomic E-state index is 13.6. The van der Waals surface area contributed by atoms with Gasteiger partial charge in [-0.15, -0.1) is 0 Å². The topological polar surface area (TPSA) is 28.4 Å². The van der Waals surface area contributed by atoms with Crippen LogP contribution in [0.4, 0.5) is 4.39 Å². The highest BCUT2D eigenvalue weighted by atomic mass is 19.1.